The molecule has 0 fully saturated rings. The minimum absolute atomic E-state index is 0.00539. The summed E-state index contributed by atoms with van der Waals surface area (Å²) in [5.74, 6) is 0.889. The van der Waals surface area contributed by atoms with Gasteiger partial charge in [0, 0.05) is 19.5 Å². The molecule has 0 saturated heterocycles. The molecule has 0 saturated carbocycles. The highest BCUT2D eigenvalue weighted by molar-refractivity contribution is 5.76. The van der Waals surface area contributed by atoms with Gasteiger partial charge in [-0.15, -0.1) is 0 Å². The molecule has 0 aliphatic heterocycles. The van der Waals surface area contributed by atoms with Gasteiger partial charge in [-0.2, -0.15) is 0 Å². The minimum Gasteiger partial charge on any atom is -0.494 e. The summed E-state index contributed by atoms with van der Waals surface area (Å²) in [7, 11) is 0. The fourth-order valence-corrected chi connectivity index (χ4v) is 2.47. The van der Waals surface area contributed by atoms with E-state index in [1.165, 1.54) is 5.56 Å². The predicted molar refractivity (Wildman–Crippen MR) is 97.1 cm³/mol. The van der Waals surface area contributed by atoms with Crippen LogP contribution >= 0.6 is 0 Å². The van der Waals surface area contributed by atoms with Crippen molar-refractivity contribution in [2.75, 3.05) is 19.7 Å². The molecule has 2 aromatic rings. The third-order valence-electron chi connectivity index (χ3n) is 3.73. The zero-order chi connectivity index (χ0) is 17.0. The molecule has 0 spiro atoms. The third-order valence-corrected chi connectivity index (χ3v) is 3.73. The topological polar surface area (TPSA) is 64.4 Å². The number of amides is 1. The third kappa shape index (κ3) is 6.84. The van der Waals surface area contributed by atoms with Gasteiger partial charge < -0.3 is 15.8 Å². The number of carbonyl (C=O) groups is 1. The highest BCUT2D eigenvalue weighted by Gasteiger charge is 2.01. The molecule has 0 heterocycles. The monoisotopic (exact) mass is 326 g/mol. The van der Waals surface area contributed by atoms with Gasteiger partial charge in [0.15, 0.2) is 0 Å². The van der Waals surface area contributed by atoms with Crippen LogP contribution in [0.2, 0.25) is 0 Å². The molecule has 0 aromatic heterocycles. The number of carbonyl (C=O) groups excluding carboxylic acids is 1. The zero-order valence-electron chi connectivity index (χ0n) is 14.0. The van der Waals surface area contributed by atoms with Crippen LogP contribution in [-0.4, -0.2) is 25.6 Å². The van der Waals surface area contributed by atoms with Gasteiger partial charge >= 0.3 is 0 Å². The lowest BCUT2D eigenvalue weighted by atomic mass is 10.1. The van der Waals surface area contributed by atoms with Crippen LogP contribution in [0.4, 0.5) is 0 Å². The van der Waals surface area contributed by atoms with E-state index in [-0.39, 0.29) is 5.91 Å². The molecule has 0 atom stereocenters. The van der Waals surface area contributed by atoms with Gasteiger partial charge in [0.1, 0.15) is 5.75 Å². The molecule has 128 valence electrons. The Balaban J connectivity index is 1.69. The van der Waals surface area contributed by atoms with Gasteiger partial charge in [0.2, 0.25) is 5.91 Å². The molecular weight excluding hydrogens is 300 g/mol. The first kappa shape index (κ1) is 18.0. The van der Waals surface area contributed by atoms with Crippen molar-refractivity contribution in [3.8, 4) is 5.75 Å². The quantitative estimate of drug-likeness (QED) is 0.660. The highest BCUT2D eigenvalue weighted by atomic mass is 16.5. The van der Waals surface area contributed by atoms with Crippen LogP contribution in [0.25, 0.3) is 0 Å². The van der Waals surface area contributed by atoms with Gasteiger partial charge in [0.25, 0.3) is 0 Å². The molecular formula is C20H26N2O2. The van der Waals surface area contributed by atoms with Gasteiger partial charge in [-0.1, -0.05) is 42.5 Å². The van der Waals surface area contributed by atoms with Crippen LogP contribution in [0.1, 0.15) is 24.0 Å². The largest absolute Gasteiger partial charge is 0.494 e. The second kappa shape index (κ2) is 10.4. The van der Waals surface area contributed by atoms with Crippen LogP contribution in [0.3, 0.4) is 0 Å². The van der Waals surface area contributed by atoms with Crippen molar-refractivity contribution < 1.29 is 9.53 Å². The van der Waals surface area contributed by atoms with E-state index in [0.29, 0.717) is 26.1 Å². The normalized spacial score (nSPS) is 10.4. The lowest BCUT2D eigenvalue weighted by Gasteiger charge is -2.09. The minimum atomic E-state index is 0.00539. The summed E-state index contributed by atoms with van der Waals surface area (Å²) in [5.41, 5.74) is 7.84. The summed E-state index contributed by atoms with van der Waals surface area (Å²) in [6, 6.07) is 18.5. The maximum absolute atomic E-state index is 11.4. The molecule has 4 nitrogen and oxygen atoms in total. The van der Waals surface area contributed by atoms with Crippen LogP contribution in [0, 0.1) is 0 Å². The number of rotatable bonds is 10. The summed E-state index contributed by atoms with van der Waals surface area (Å²) >= 11 is 0. The number of hydrogen-bond donors (Lipinski definition) is 2. The number of nitrogens with two attached hydrogens (primary N) is 1. The van der Waals surface area contributed by atoms with Gasteiger partial charge in [-0.3, -0.25) is 4.79 Å². The number of ether oxygens (including phenoxy) is 1. The molecule has 1 amide bonds. The molecule has 0 aliphatic rings. The zero-order valence-corrected chi connectivity index (χ0v) is 14.0. The summed E-state index contributed by atoms with van der Waals surface area (Å²) in [5, 5.41) is 2.86. The first-order valence-electron chi connectivity index (χ1n) is 8.50. The fraction of sp³-hybridized carbons (Fsp3) is 0.350. The summed E-state index contributed by atoms with van der Waals surface area (Å²) in [4.78, 5) is 11.4. The van der Waals surface area contributed by atoms with Gasteiger partial charge in [-0.25, -0.2) is 0 Å². The van der Waals surface area contributed by atoms with Crippen molar-refractivity contribution in [2.24, 2.45) is 5.73 Å². The molecule has 0 unspecified atom stereocenters. The number of hydrogen-bond acceptors (Lipinski definition) is 3. The van der Waals surface area contributed by atoms with Gasteiger partial charge in [0.05, 0.1) is 6.61 Å². The van der Waals surface area contributed by atoms with Crippen LogP contribution in [-0.2, 0) is 17.6 Å². The Morgan fingerprint density at radius 2 is 1.79 bits per heavy atom. The van der Waals surface area contributed by atoms with E-state index >= 15 is 0 Å². The van der Waals surface area contributed by atoms with E-state index in [9.17, 15) is 4.79 Å². The smallest absolute Gasteiger partial charge is 0.221 e. The summed E-state index contributed by atoms with van der Waals surface area (Å²) in [6.45, 7) is 1.71. The average molecular weight is 326 g/mol. The Morgan fingerprint density at radius 3 is 2.58 bits per heavy atom. The predicted octanol–water partition coefficient (Wildman–Crippen LogP) is 2.71. The van der Waals surface area contributed by atoms with Crippen molar-refractivity contribution in [3.05, 3.63) is 65.7 Å². The Bertz CT molecular complexity index is 614. The van der Waals surface area contributed by atoms with Crippen LogP contribution in [0.15, 0.2) is 54.6 Å². The molecule has 0 bridgehead atoms. The maximum Gasteiger partial charge on any atom is 0.221 e. The van der Waals surface area contributed by atoms with Gasteiger partial charge in [-0.05, 0) is 42.5 Å². The van der Waals surface area contributed by atoms with Crippen molar-refractivity contribution in [2.45, 2.75) is 25.7 Å². The van der Waals surface area contributed by atoms with Crippen LogP contribution in [0.5, 0.6) is 5.75 Å². The summed E-state index contributed by atoms with van der Waals surface area (Å²) in [6.07, 6.45) is 3.18. The standard InChI is InChI=1S/C20H26N2O2/c21-13-11-20(23)22-14-12-18-8-4-10-19(16-18)24-15-5-9-17-6-2-1-3-7-17/h1-4,6-8,10,16H,5,9,11-15,21H2,(H,22,23). The van der Waals surface area contributed by atoms with E-state index in [1.54, 1.807) is 0 Å². The van der Waals surface area contributed by atoms with Crippen molar-refractivity contribution in [1.82, 2.24) is 5.32 Å². The summed E-state index contributed by atoms with van der Waals surface area (Å²) < 4.78 is 5.83. The Kier molecular flexibility index (Phi) is 7.84. The first-order valence-corrected chi connectivity index (χ1v) is 8.50. The van der Waals surface area contributed by atoms with Crippen LogP contribution < -0.4 is 15.8 Å². The maximum atomic E-state index is 11.4. The molecule has 24 heavy (non-hydrogen) atoms. The van der Waals surface area contributed by atoms with Crippen molar-refractivity contribution in [3.63, 3.8) is 0 Å². The second-order valence-corrected chi connectivity index (χ2v) is 5.72. The average Bonchev–Trinajstić information content (AvgIpc) is 2.60. The molecule has 2 aromatic carbocycles. The van der Waals surface area contributed by atoms with E-state index in [4.69, 9.17) is 10.5 Å². The van der Waals surface area contributed by atoms with E-state index < -0.39 is 0 Å². The first-order chi connectivity index (χ1) is 11.8. The Morgan fingerprint density at radius 1 is 1.00 bits per heavy atom. The fourth-order valence-electron chi connectivity index (χ4n) is 2.47. The number of benzene rings is 2. The SMILES string of the molecule is NCCC(=O)NCCc1cccc(OCCCc2ccccc2)c1. The Hall–Kier alpha value is -2.33. The number of nitrogens with one attached hydrogen (secondary N) is 1. The second-order valence-electron chi connectivity index (χ2n) is 5.72. The van der Waals surface area contributed by atoms with Crippen molar-refractivity contribution >= 4 is 5.91 Å². The molecule has 2 rings (SSSR count). The lowest BCUT2D eigenvalue weighted by molar-refractivity contribution is -0.120. The van der Waals surface area contributed by atoms with Crippen molar-refractivity contribution in [1.29, 1.82) is 0 Å². The lowest BCUT2D eigenvalue weighted by Crippen LogP contribution is -2.27. The van der Waals surface area contributed by atoms with E-state index in [1.807, 2.05) is 30.3 Å². The highest BCUT2D eigenvalue weighted by Crippen LogP contribution is 2.14. The van der Waals surface area contributed by atoms with E-state index in [2.05, 4.69) is 29.6 Å². The Labute approximate surface area is 144 Å². The molecule has 0 aliphatic carbocycles. The molecule has 0 radical (unpaired) electrons. The molecule has 3 N–H and O–H groups in total. The molecule has 4 heteroatoms. The number of aryl methyl sites for hydroxylation is 1. The van der Waals surface area contributed by atoms with E-state index in [0.717, 1.165) is 30.6 Å².